The molecule has 31 heavy (non-hydrogen) atoms. The molecule has 8 nitrogen and oxygen atoms in total. The standard InChI is InChI=1S/C18H20F4N4O4S/c1-3-26(4-2)31(27,28)14-7-8-16(23-11-14)25-24-10-12-5-6-13(29-17(19)20)9-15(12)30-18(21)22/h5-11,17-18H,3-4H2,1-2H3,(H,23,25)/b24-10+. The largest absolute Gasteiger partial charge is 0.435 e. The Morgan fingerprint density at radius 3 is 2.32 bits per heavy atom. The number of halogens is 4. The normalized spacial score (nSPS) is 12.2. The van der Waals surface area contributed by atoms with E-state index >= 15 is 0 Å². The predicted octanol–water partition coefficient (Wildman–Crippen LogP) is 3.76. The number of pyridine rings is 1. The lowest BCUT2D eigenvalue weighted by Gasteiger charge is -2.18. The number of hydrogen-bond acceptors (Lipinski definition) is 7. The van der Waals surface area contributed by atoms with Gasteiger partial charge in [0.2, 0.25) is 10.0 Å². The zero-order chi connectivity index (χ0) is 23.0. The average Bonchev–Trinajstić information content (AvgIpc) is 2.70. The highest BCUT2D eigenvalue weighted by atomic mass is 32.2. The van der Waals surface area contributed by atoms with Crippen molar-refractivity contribution in [2.24, 2.45) is 5.10 Å². The summed E-state index contributed by atoms with van der Waals surface area (Å²) >= 11 is 0. The minimum atomic E-state index is -3.66. The van der Waals surface area contributed by atoms with E-state index in [1.165, 1.54) is 22.5 Å². The van der Waals surface area contributed by atoms with Crippen molar-refractivity contribution in [2.75, 3.05) is 18.5 Å². The lowest BCUT2D eigenvalue weighted by atomic mass is 10.2. The first-order valence-corrected chi connectivity index (χ1v) is 10.4. The number of ether oxygens (including phenoxy) is 2. The fourth-order valence-electron chi connectivity index (χ4n) is 2.48. The Balaban J connectivity index is 2.14. The summed E-state index contributed by atoms with van der Waals surface area (Å²) in [5, 5.41) is 3.82. The molecule has 0 unspecified atom stereocenters. The van der Waals surface area contributed by atoms with Gasteiger partial charge in [-0.25, -0.2) is 13.4 Å². The Morgan fingerprint density at radius 1 is 1.10 bits per heavy atom. The Hall–Kier alpha value is -2.93. The summed E-state index contributed by atoms with van der Waals surface area (Å²) in [5.74, 6) is -0.599. The van der Waals surface area contributed by atoms with E-state index < -0.39 is 29.0 Å². The molecule has 0 bridgehead atoms. The SMILES string of the molecule is CCN(CC)S(=O)(=O)c1ccc(N/N=C/c2ccc(OC(F)F)cc2OC(F)F)nc1. The molecular weight excluding hydrogens is 444 g/mol. The highest BCUT2D eigenvalue weighted by molar-refractivity contribution is 7.89. The van der Waals surface area contributed by atoms with E-state index in [9.17, 15) is 26.0 Å². The predicted molar refractivity (Wildman–Crippen MR) is 105 cm³/mol. The molecule has 1 aromatic carbocycles. The second-order valence-corrected chi connectivity index (χ2v) is 7.73. The number of nitrogens with zero attached hydrogens (tertiary/aromatic N) is 3. The van der Waals surface area contributed by atoms with Crippen LogP contribution < -0.4 is 14.9 Å². The van der Waals surface area contributed by atoms with Gasteiger partial charge in [0.05, 0.1) is 6.21 Å². The molecule has 1 aromatic heterocycles. The molecule has 0 amide bonds. The van der Waals surface area contributed by atoms with Crippen LogP contribution in [0, 0.1) is 0 Å². The van der Waals surface area contributed by atoms with Gasteiger partial charge in [0.25, 0.3) is 0 Å². The fraction of sp³-hybridized carbons (Fsp3) is 0.333. The lowest BCUT2D eigenvalue weighted by molar-refractivity contribution is -0.0543. The van der Waals surface area contributed by atoms with Gasteiger partial charge in [0, 0.05) is 30.9 Å². The molecule has 2 aromatic rings. The van der Waals surface area contributed by atoms with Gasteiger partial charge in [-0.1, -0.05) is 13.8 Å². The maximum atomic E-state index is 12.6. The van der Waals surface area contributed by atoms with Gasteiger partial charge in [-0.15, -0.1) is 0 Å². The molecule has 0 aliphatic rings. The van der Waals surface area contributed by atoms with E-state index in [-0.39, 0.29) is 22.0 Å². The van der Waals surface area contributed by atoms with Crippen LogP contribution in [-0.2, 0) is 10.0 Å². The molecule has 0 aliphatic heterocycles. The van der Waals surface area contributed by atoms with Crippen molar-refractivity contribution in [2.45, 2.75) is 32.0 Å². The number of sulfonamides is 1. The molecule has 170 valence electrons. The van der Waals surface area contributed by atoms with E-state index in [4.69, 9.17) is 0 Å². The van der Waals surface area contributed by atoms with Gasteiger partial charge in [-0.3, -0.25) is 5.43 Å². The first-order valence-electron chi connectivity index (χ1n) is 8.96. The summed E-state index contributed by atoms with van der Waals surface area (Å²) in [6.45, 7) is -2.25. The number of hydrazone groups is 1. The van der Waals surface area contributed by atoms with Crippen LogP contribution in [0.3, 0.4) is 0 Å². The molecule has 1 N–H and O–H groups in total. The topological polar surface area (TPSA) is 93.1 Å². The van der Waals surface area contributed by atoms with E-state index in [0.717, 1.165) is 24.5 Å². The van der Waals surface area contributed by atoms with Crippen molar-refractivity contribution in [3.8, 4) is 11.5 Å². The number of hydrogen-bond donors (Lipinski definition) is 1. The first kappa shape index (κ1) is 24.3. The van der Waals surface area contributed by atoms with Crippen LogP contribution in [0.5, 0.6) is 11.5 Å². The highest BCUT2D eigenvalue weighted by Gasteiger charge is 2.21. The van der Waals surface area contributed by atoms with Crippen molar-refractivity contribution < 1.29 is 35.5 Å². The van der Waals surface area contributed by atoms with E-state index in [1.54, 1.807) is 13.8 Å². The van der Waals surface area contributed by atoms with Crippen LogP contribution in [0.2, 0.25) is 0 Å². The number of alkyl halides is 4. The van der Waals surface area contributed by atoms with Crippen LogP contribution in [-0.4, -0.2) is 50.2 Å². The summed E-state index contributed by atoms with van der Waals surface area (Å²) in [4.78, 5) is 3.97. The third-order valence-electron chi connectivity index (χ3n) is 3.89. The van der Waals surface area contributed by atoms with Crippen LogP contribution in [0.15, 0.2) is 46.5 Å². The monoisotopic (exact) mass is 464 g/mol. The van der Waals surface area contributed by atoms with E-state index in [2.05, 4.69) is 25.0 Å². The summed E-state index contributed by atoms with van der Waals surface area (Å²) in [6, 6.07) is 5.94. The van der Waals surface area contributed by atoms with E-state index in [0.29, 0.717) is 13.1 Å². The molecule has 0 radical (unpaired) electrons. The van der Waals surface area contributed by atoms with Crippen molar-refractivity contribution in [3.63, 3.8) is 0 Å². The van der Waals surface area contributed by atoms with Crippen LogP contribution in [0.1, 0.15) is 19.4 Å². The van der Waals surface area contributed by atoms with Crippen molar-refractivity contribution in [1.82, 2.24) is 9.29 Å². The molecule has 13 heteroatoms. The molecule has 0 saturated heterocycles. The molecule has 1 heterocycles. The smallest absolute Gasteiger partial charge is 0.387 e. The Labute approximate surface area is 176 Å². The highest BCUT2D eigenvalue weighted by Crippen LogP contribution is 2.26. The summed E-state index contributed by atoms with van der Waals surface area (Å²) in [5.41, 5.74) is 2.56. The maximum absolute atomic E-state index is 12.6. The molecule has 0 atom stereocenters. The van der Waals surface area contributed by atoms with Gasteiger partial charge in [-0.05, 0) is 24.3 Å². The molecule has 0 spiro atoms. The minimum Gasteiger partial charge on any atom is -0.435 e. The Morgan fingerprint density at radius 2 is 1.77 bits per heavy atom. The number of rotatable bonds is 11. The van der Waals surface area contributed by atoms with Crippen molar-refractivity contribution in [3.05, 3.63) is 42.1 Å². The number of benzene rings is 1. The van der Waals surface area contributed by atoms with Gasteiger partial charge < -0.3 is 9.47 Å². The van der Waals surface area contributed by atoms with Gasteiger partial charge in [-0.2, -0.15) is 27.0 Å². The fourth-order valence-corrected chi connectivity index (χ4v) is 3.88. The van der Waals surface area contributed by atoms with Crippen molar-refractivity contribution >= 4 is 22.1 Å². The Kier molecular flexibility index (Phi) is 8.56. The van der Waals surface area contributed by atoms with Gasteiger partial charge >= 0.3 is 13.2 Å². The second-order valence-electron chi connectivity index (χ2n) is 5.80. The van der Waals surface area contributed by atoms with Crippen molar-refractivity contribution in [1.29, 1.82) is 0 Å². The summed E-state index contributed by atoms with van der Waals surface area (Å²) in [6.07, 6.45) is 2.26. The third kappa shape index (κ3) is 6.79. The Bertz CT molecular complexity index is 985. The maximum Gasteiger partial charge on any atom is 0.387 e. The average molecular weight is 464 g/mol. The molecular formula is C18H20F4N4O4S. The van der Waals surface area contributed by atoms with Crippen LogP contribution in [0.4, 0.5) is 23.4 Å². The molecule has 2 rings (SSSR count). The summed E-state index contributed by atoms with van der Waals surface area (Å²) < 4.78 is 84.4. The number of anilines is 1. The van der Waals surface area contributed by atoms with E-state index in [1.807, 2.05) is 0 Å². The first-order chi connectivity index (χ1) is 14.7. The quantitative estimate of drug-likeness (QED) is 0.309. The molecule has 0 aliphatic carbocycles. The van der Waals surface area contributed by atoms with Crippen LogP contribution >= 0.6 is 0 Å². The molecule has 0 saturated carbocycles. The van der Waals surface area contributed by atoms with Gasteiger partial charge in [0.15, 0.2) is 0 Å². The number of aromatic nitrogens is 1. The number of nitrogens with one attached hydrogen (secondary N) is 1. The second kappa shape index (κ2) is 10.9. The lowest BCUT2D eigenvalue weighted by Crippen LogP contribution is -2.30. The zero-order valence-electron chi connectivity index (χ0n) is 16.5. The zero-order valence-corrected chi connectivity index (χ0v) is 17.3. The van der Waals surface area contributed by atoms with Crippen LogP contribution in [0.25, 0.3) is 0 Å². The summed E-state index contributed by atoms with van der Waals surface area (Å²) in [7, 11) is -3.66. The molecule has 0 fully saturated rings. The minimum absolute atomic E-state index is 0.00738. The third-order valence-corrected chi connectivity index (χ3v) is 5.92. The van der Waals surface area contributed by atoms with Gasteiger partial charge in [0.1, 0.15) is 22.2 Å².